The van der Waals surface area contributed by atoms with Crippen LogP contribution in [0.3, 0.4) is 0 Å². The quantitative estimate of drug-likeness (QED) is 0.588. The Morgan fingerprint density at radius 2 is 2.00 bits per heavy atom. The van der Waals surface area contributed by atoms with Crippen molar-refractivity contribution in [2.45, 2.75) is 12.8 Å². The van der Waals surface area contributed by atoms with Crippen LogP contribution in [-0.4, -0.2) is 17.4 Å². The van der Waals surface area contributed by atoms with Gasteiger partial charge in [0.1, 0.15) is 6.29 Å². The minimum absolute atomic E-state index is 0.249. The van der Waals surface area contributed by atoms with Crippen LogP contribution in [0.2, 0.25) is 0 Å². The number of hydrogen-bond acceptors (Lipinski definition) is 2. The van der Waals surface area contributed by atoms with Crippen molar-refractivity contribution in [3.63, 3.8) is 0 Å². The van der Waals surface area contributed by atoms with Gasteiger partial charge in [-0.2, -0.15) is 0 Å². The second kappa shape index (κ2) is 3.69. The summed E-state index contributed by atoms with van der Waals surface area (Å²) in [4.78, 5) is 21.7. The van der Waals surface area contributed by atoms with E-state index in [-0.39, 0.29) is 5.56 Å². The number of rotatable bonds is 2. The SMILES string of the molecule is O=Cc1cc2c(c(C(=O)O)c1)CC=CC2. The van der Waals surface area contributed by atoms with Crippen LogP contribution in [0.15, 0.2) is 24.3 Å². The second-order valence-corrected chi connectivity index (χ2v) is 3.51. The summed E-state index contributed by atoms with van der Waals surface area (Å²) >= 11 is 0. The maximum atomic E-state index is 11.0. The standard InChI is InChI=1S/C12H10O3/c13-7-8-5-9-3-1-2-4-10(9)11(6-8)12(14)15/h1-2,5-7H,3-4H2,(H,14,15). The fourth-order valence-corrected chi connectivity index (χ4v) is 1.85. The van der Waals surface area contributed by atoms with E-state index >= 15 is 0 Å². The monoisotopic (exact) mass is 202 g/mol. The van der Waals surface area contributed by atoms with Crippen LogP contribution < -0.4 is 0 Å². The third kappa shape index (κ3) is 1.68. The lowest BCUT2D eigenvalue weighted by Crippen LogP contribution is -2.09. The van der Waals surface area contributed by atoms with Gasteiger partial charge in [-0.15, -0.1) is 0 Å². The molecule has 1 aliphatic rings. The highest BCUT2D eigenvalue weighted by molar-refractivity contribution is 5.92. The molecule has 0 bridgehead atoms. The zero-order chi connectivity index (χ0) is 10.8. The van der Waals surface area contributed by atoms with Gasteiger partial charge in [0.25, 0.3) is 0 Å². The number of aromatic carboxylic acids is 1. The van der Waals surface area contributed by atoms with Crippen LogP contribution in [0.1, 0.15) is 31.8 Å². The number of fused-ring (bicyclic) bond motifs is 1. The van der Waals surface area contributed by atoms with Crippen LogP contribution in [0, 0.1) is 0 Å². The van der Waals surface area contributed by atoms with Gasteiger partial charge in [-0.05, 0) is 36.1 Å². The number of hydrogen-bond donors (Lipinski definition) is 1. The van der Waals surface area contributed by atoms with Crippen LogP contribution in [-0.2, 0) is 12.8 Å². The minimum atomic E-state index is -0.967. The Morgan fingerprint density at radius 1 is 1.27 bits per heavy atom. The Hall–Kier alpha value is -1.90. The van der Waals surface area contributed by atoms with Crippen molar-refractivity contribution in [2.24, 2.45) is 0 Å². The molecule has 0 saturated heterocycles. The predicted molar refractivity (Wildman–Crippen MR) is 55.3 cm³/mol. The molecular weight excluding hydrogens is 192 g/mol. The summed E-state index contributed by atoms with van der Waals surface area (Å²) in [6.45, 7) is 0. The fourth-order valence-electron chi connectivity index (χ4n) is 1.85. The topological polar surface area (TPSA) is 54.4 Å². The summed E-state index contributed by atoms with van der Waals surface area (Å²) in [7, 11) is 0. The molecule has 0 amide bonds. The molecule has 1 aromatic rings. The average Bonchev–Trinajstić information content (AvgIpc) is 2.27. The van der Waals surface area contributed by atoms with Gasteiger partial charge >= 0.3 is 5.97 Å². The smallest absolute Gasteiger partial charge is 0.336 e. The molecule has 1 N–H and O–H groups in total. The summed E-state index contributed by atoms with van der Waals surface area (Å²) in [6, 6.07) is 3.20. The predicted octanol–water partition coefficient (Wildman–Crippen LogP) is 1.85. The number of carbonyl (C=O) groups excluding carboxylic acids is 1. The molecule has 0 heterocycles. The first-order chi connectivity index (χ1) is 7.22. The van der Waals surface area contributed by atoms with E-state index in [4.69, 9.17) is 5.11 Å². The fraction of sp³-hybridized carbons (Fsp3) is 0.167. The molecule has 0 atom stereocenters. The van der Waals surface area contributed by atoms with Gasteiger partial charge in [0.05, 0.1) is 5.56 Å². The molecule has 1 aliphatic carbocycles. The van der Waals surface area contributed by atoms with Gasteiger partial charge in [-0.3, -0.25) is 4.79 Å². The third-order valence-corrected chi connectivity index (χ3v) is 2.56. The molecule has 0 fully saturated rings. The number of carbonyl (C=O) groups is 2. The van der Waals surface area contributed by atoms with Crippen LogP contribution in [0.4, 0.5) is 0 Å². The molecule has 2 rings (SSSR count). The number of carboxylic acids is 1. The van der Waals surface area contributed by atoms with Crippen molar-refractivity contribution in [3.8, 4) is 0 Å². The zero-order valence-corrected chi connectivity index (χ0v) is 8.06. The molecular formula is C12H10O3. The van der Waals surface area contributed by atoms with Gasteiger partial charge in [0.2, 0.25) is 0 Å². The van der Waals surface area contributed by atoms with E-state index in [1.165, 1.54) is 6.07 Å². The minimum Gasteiger partial charge on any atom is -0.478 e. The number of benzene rings is 1. The number of carboxylic acid groups (broad SMARTS) is 1. The Labute approximate surface area is 87.0 Å². The molecule has 0 aliphatic heterocycles. The van der Waals surface area contributed by atoms with Crippen LogP contribution in [0.25, 0.3) is 0 Å². The van der Waals surface area contributed by atoms with E-state index in [0.29, 0.717) is 24.7 Å². The molecule has 3 nitrogen and oxygen atoms in total. The van der Waals surface area contributed by atoms with Gasteiger partial charge in [0, 0.05) is 5.56 Å². The number of allylic oxidation sites excluding steroid dienone is 2. The van der Waals surface area contributed by atoms with Crippen LogP contribution >= 0.6 is 0 Å². The molecule has 76 valence electrons. The van der Waals surface area contributed by atoms with Crippen molar-refractivity contribution in [2.75, 3.05) is 0 Å². The second-order valence-electron chi connectivity index (χ2n) is 3.51. The molecule has 1 aromatic carbocycles. The first kappa shape index (κ1) is 9.65. The van der Waals surface area contributed by atoms with E-state index in [2.05, 4.69) is 0 Å². The van der Waals surface area contributed by atoms with E-state index in [1.54, 1.807) is 6.07 Å². The maximum absolute atomic E-state index is 11.0. The molecule has 15 heavy (non-hydrogen) atoms. The largest absolute Gasteiger partial charge is 0.478 e. The molecule has 0 unspecified atom stereocenters. The van der Waals surface area contributed by atoms with Crippen molar-refractivity contribution in [3.05, 3.63) is 46.5 Å². The van der Waals surface area contributed by atoms with Crippen molar-refractivity contribution in [1.29, 1.82) is 0 Å². The molecule has 0 saturated carbocycles. The Balaban J connectivity index is 2.63. The summed E-state index contributed by atoms with van der Waals surface area (Å²) in [5, 5.41) is 9.02. The first-order valence-corrected chi connectivity index (χ1v) is 4.71. The highest BCUT2D eigenvalue weighted by Crippen LogP contribution is 2.22. The Kier molecular flexibility index (Phi) is 2.37. The van der Waals surface area contributed by atoms with Crippen molar-refractivity contribution < 1.29 is 14.7 Å². The maximum Gasteiger partial charge on any atom is 0.336 e. The summed E-state index contributed by atoms with van der Waals surface area (Å²) in [5.74, 6) is -0.967. The van der Waals surface area contributed by atoms with E-state index in [9.17, 15) is 9.59 Å². The number of aldehydes is 1. The zero-order valence-electron chi connectivity index (χ0n) is 8.06. The summed E-state index contributed by atoms with van der Waals surface area (Å²) in [5.41, 5.74) is 2.45. The van der Waals surface area contributed by atoms with E-state index in [0.717, 1.165) is 11.1 Å². The average molecular weight is 202 g/mol. The normalized spacial score (nSPS) is 13.3. The van der Waals surface area contributed by atoms with Gasteiger partial charge < -0.3 is 5.11 Å². The van der Waals surface area contributed by atoms with Gasteiger partial charge in [-0.1, -0.05) is 12.2 Å². The third-order valence-electron chi connectivity index (χ3n) is 2.56. The van der Waals surface area contributed by atoms with E-state index < -0.39 is 5.97 Å². The molecule has 0 radical (unpaired) electrons. The molecule has 3 heteroatoms. The van der Waals surface area contributed by atoms with Crippen LogP contribution in [0.5, 0.6) is 0 Å². The molecule has 0 aromatic heterocycles. The van der Waals surface area contributed by atoms with Crippen molar-refractivity contribution >= 4 is 12.3 Å². The van der Waals surface area contributed by atoms with Crippen molar-refractivity contribution in [1.82, 2.24) is 0 Å². The highest BCUT2D eigenvalue weighted by atomic mass is 16.4. The first-order valence-electron chi connectivity index (χ1n) is 4.71. The highest BCUT2D eigenvalue weighted by Gasteiger charge is 2.16. The Bertz CT molecular complexity index is 458. The van der Waals surface area contributed by atoms with Gasteiger partial charge in [-0.25, -0.2) is 4.79 Å². The summed E-state index contributed by atoms with van der Waals surface area (Å²) < 4.78 is 0. The lowest BCUT2D eigenvalue weighted by molar-refractivity contribution is 0.0695. The lowest BCUT2D eigenvalue weighted by Gasteiger charge is -2.14. The lowest BCUT2D eigenvalue weighted by atomic mass is 9.90. The van der Waals surface area contributed by atoms with E-state index in [1.807, 2.05) is 12.2 Å². The Morgan fingerprint density at radius 3 is 2.67 bits per heavy atom. The van der Waals surface area contributed by atoms with Gasteiger partial charge in [0.15, 0.2) is 0 Å². The molecule has 0 spiro atoms. The summed E-state index contributed by atoms with van der Waals surface area (Å²) in [6.07, 6.45) is 5.97.